The number of rotatable bonds is 8. The van der Waals surface area contributed by atoms with E-state index < -0.39 is 0 Å². The van der Waals surface area contributed by atoms with Crippen LogP contribution in [0.4, 0.5) is 0 Å². The lowest BCUT2D eigenvalue weighted by Gasteiger charge is -2.27. The van der Waals surface area contributed by atoms with E-state index in [-0.39, 0.29) is 17.2 Å². The fourth-order valence-corrected chi connectivity index (χ4v) is 5.52. The van der Waals surface area contributed by atoms with Gasteiger partial charge in [-0.1, -0.05) is 66.7 Å². The number of methoxy groups -OCH3 is 2. The van der Waals surface area contributed by atoms with Crippen LogP contribution < -0.4 is 9.47 Å². The molecule has 32 heavy (non-hydrogen) atoms. The molecule has 0 bridgehead atoms. The summed E-state index contributed by atoms with van der Waals surface area (Å²) in [6.45, 7) is 0.791. The van der Waals surface area contributed by atoms with Gasteiger partial charge in [0.25, 0.3) is 0 Å². The number of likely N-dealkylation sites (tertiary alicyclic amines) is 1. The number of nitrogens with zero attached hydrogens (tertiary/aromatic N) is 1. The molecule has 1 amide bonds. The van der Waals surface area contributed by atoms with E-state index in [0.29, 0.717) is 17.3 Å². The van der Waals surface area contributed by atoms with E-state index in [1.54, 1.807) is 26.0 Å². The first-order valence-corrected chi connectivity index (χ1v) is 12.0. The molecule has 0 spiro atoms. The van der Waals surface area contributed by atoms with Gasteiger partial charge in [0.05, 0.1) is 31.3 Å². The first-order chi connectivity index (χ1) is 15.7. The van der Waals surface area contributed by atoms with Crippen LogP contribution in [0, 0.1) is 0 Å². The van der Waals surface area contributed by atoms with Crippen LogP contribution in [-0.4, -0.2) is 37.3 Å². The minimum absolute atomic E-state index is 0.0785. The molecular weight excluding hydrogens is 418 g/mol. The van der Waals surface area contributed by atoms with Gasteiger partial charge >= 0.3 is 0 Å². The largest absolute Gasteiger partial charge is 0.493 e. The number of thioether (sulfide) groups is 1. The zero-order valence-corrected chi connectivity index (χ0v) is 19.4. The lowest BCUT2D eigenvalue weighted by molar-refractivity contribution is -0.129. The van der Waals surface area contributed by atoms with E-state index in [9.17, 15) is 4.79 Å². The van der Waals surface area contributed by atoms with E-state index in [1.165, 1.54) is 11.1 Å². The second kappa shape index (κ2) is 10.6. The maximum atomic E-state index is 13.3. The van der Waals surface area contributed by atoms with Gasteiger partial charge in [-0.25, -0.2) is 0 Å². The van der Waals surface area contributed by atoms with Gasteiger partial charge in [-0.05, 0) is 41.7 Å². The first kappa shape index (κ1) is 22.3. The SMILES string of the molecule is COc1ccc([C@H]2CCCN2C(=O)CSC(c2ccccc2)c2ccccc2)cc1OC. The lowest BCUT2D eigenvalue weighted by Crippen LogP contribution is -2.32. The topological polar surface area (TPSA) is 38.8 Å². The van der Waals surface area contributed by atoms with Gasteiger partial charge in [0.1, 0.15) is 0 Å². The Morgan fingerprint density at radius 2 is 1.56 bits per heavy atom. The number of benzene rings is 3. The second-order valence-electron chi connectivity index (χ2n) is 7.87. The second-order valence-corrected chi connectivity index (χ2v) is 8.97. The molecule has 4 nitrogen and oxygen atoms in total. The van der Waals surface area contributed by atoms with Crippen molar-refractivity contribution < 1.29 is 14.3 Å². The third-order valence-electron chi connectivity index (χ3n) is 5.94. The number of ether oxygens (including phenoxy) is 2. The molecular formula is C27H29NO3S. The molecule has 0 radical (unpaired) electrons. The third kappa shape index (κ3) is 4.94. The molecule has 1 heterocycles. The summed E-state index contributed by atoms with van der Waals surface area (Å²) in [5.41, 5.74) is 3.53. The number of carbonyl (C=O) groups is 1. The van der Waals surface area contributed by atoms with Gasteiger partial charge in [0.15, 0.2) is 11.5 Å². The molecule has 3 aromatic rings. The Morgan fingerprint density at radius 3 is 2.16 bits per heavy atom. The molecule has 0 saturated carbocycles. The monoisotopic (exact) mass is 447 g/mol. The van der Waals surface area contributed by atoms with Gasteiger partial charge < -0.3 is 14.4 Å². The van der Waals surface area contributed by atoms with Crippen molar-refractivity contribution >= 4 is 17.7 Å². The van der Waals surface area contributed by atoms with Gasteiger partial charge in [0.2, 0.25) is 5.91 Å². The Balaban J connectivity index is 1.50. The molecule has 5 heteroatoms. The molecule has 1 saturated heterocycles. The highest BCUT2D eigenvalue weighted by atomic mass is 32.2. The zero-order chi connectivity index (χ0) is 22.3. The summed E-state index contributed by atoms with van der Waals surface area (Å²) in [7, 11) is 3.28. The molecule has 0 unspecified atom stereocenters. The van der Waals surface area contributed by atoms with Gasteiger partial charge in [-0.3, -0.25) is 4.79 Å². The minimum Gasteiger partial charge on any atom is -0.493 e. The van der Waals surface area contributed by atoms with Crippen molar-refractivity contribution in [2.45, 2.75) is 24.1 Å². The number of hydrogen-bond donors (Lipinski definition) is 0. The highest BCUT2D eigenvalue weighted by Gasteiger charge is 2.31. The fraction of sp³-hybridized carbons (Fsp3) is 0.296. The highest BCUT2D eigenvalue weighted by molar-refractivity contribution is 8.00. The van der Waals surface area contributed by atoms with Crippen molar-refractivity contribution in [1.82, 2.24) is 4.90 Å². The van der Waals surface area contributed by atoms with Crippen LogP contribution >= 0.6 is 11.8 Å². The first-order valence-electron chi connectivity index (χ1n) is 10.9. The summed E-state index contributed by atoms with van der Waals surface area (Å²) in [6.07, 6.45) is 1.98. The van der Waals surface area contributed by atoms with Crippen LogP contribution in [0.3, 0.4) is 0 Å². The van der Waals surface area contributed by atoms with Crippen LogP contribution in [0.15, 0.2) is 78.9 Å². The molecule has 1 aliphatic heterocycles. The van der Waals surface area contributed by atoms with Crippen LogP contribution in [0.1, 0.15) is 40.8 Å². The molecule has 166 valence electrons. The minimum atomic E-state index is 0.0785. The van der Waals surface area contributed by atoms with Gasteiger partial charge in [-0.2, -0.15) is 0 Å². The zero-order valence-electron chi connectivity index (χ0n) is 18.6. The van der Waals surface area contributed by atoms with Crippen molar-refractivity contribution in [2.24, 2.45) is 0 Å². The Kier molecular flexibility index (Phi) is 7.38. The lowest BCUT2D eigenvalue weighted by atomic mass is 10.0. The Hall–Kier alpha value is -2.92. The molecule has 1 fully saturated rings. The maximum absolute atomic E-state index is 13.3. The normalized spacial score (nSPS) is 15.7. The Bertz CT molecular complexity index is 986. The molecule has 0 aliphatic carbocycles. The predicted octanol–water partition coefficient (Wildman–Crippen LogP) is 5.89. The molecule has 0 aromatic heterocycles. The van der Waals surface area contributed by atoms with Gasteiger partial charge in [-0.15, -0.1) is 11.8 Å². The maximum Gasteiger partial charge on any atom is 0.233 e. The van der Waals surface area contributed by atoms with Crippen molar-refractivity contribution in [3.8, 4) is 11.5 Å². The smallest absolute Gasteiger partial charge is 0.233 e. The van der Waals surface area contributed by atoms with E-state index >= 15 is 0 Å². The highest BCUT2D eigenvalue weighted by Crippen LogP contribution is 2.39. The van der Waals surface area contributed by atoms with Crippen LogP contribution in [0.25, 0.3) is 0 Å². The average Bonchev–Trinajstić information content (AvgIpc) is 3.35. The summed E-state index contributed by atoms with van der Waals surface area (Å²) >= 11 is 1.70. The fourth-order valence-electron chi connectivity index (χ4n) is 4.35. The van der Waals surface area contributed by atoms with Crippen LogP contribution in [0.2, 0.25) is 0 Å². The van der Waals surface area contributed by atoms with E-state index in [0.717, 1.165) is 24.9 Å². The van der Waals surface area contributed by atoms with Crippen LogP contribution in [0.5, 0.6) is 11.5 Å². The van der Waals surface area contributed by atoms with Crippen molar-refractivity contribution in [1.29, 1.82) is 0 Å². The van der Waals surface area contributed by atoms with Crippen molar-refractivity contribution in [2.75, 3.05) is 26.5 Å². The summed E-state index contributed by atoms with van der Waals surface area (Å²) in [5, 5.41) is 0.128. The third-order valence-corrected chi connectivity index (χ3v) is 7.23. The molecule has 1 atom stereocenters. The van der Waals surface area contributed by atoms with Gasteiger partial charge in [0, 0.05) is 6.54 Å². The van der Waals surface area contributed by atoms with E-state index in [1.807, 2.05) is 35.2 Å². The van der Waals surface area contributed by atoms with E-state index in [2.05, 4.69) is 48.5 Å². The quantitative estimate of drug-likeness (QED) is 0.432. The standard InChI is InChI=1S/C27H29NO3S/c1-30-24-16-15-22(18-25(24)31-2)23-14-9-17-28(23)26(29)19-32-27(20-10-5-3-6-11-20)21-12-7-4-8-13-21/h3-8,10-13,15-16,18,23,27H,9,14,17,19H2,1-2H3/t23-/m1/s1. The Morgan fingerprint density at radius 1 is 0.938 bits per heavy atom. The Labute approximate surface area is 194 Å². The van der Waals surface area contributed by atoms with Crippen molar-refractivity contribution in [3.05, 3.63) is 95.6 Å². The molecule has 3 aromatic carbocycles. The number of carbonyl (C=O) groups excluding carboxylic acids is 1. The summed E-state index contributed by atoms with van der Waals surface area (Å²) in [6, 6.07) is 26.9. The molecule has 4 rings (SSSR count). The summed E-state index contributed by atoms with van der Waals surface area (Å²) in [4.78, 5) is 15.4. The number of amides is 1. The number of hydrogen-bond acceptors (Lipinski definition) is 4. The molecule has 0 N–H and O–H groups in total. The van der Waals surface area contributed by atoms with Crippen LogP contribution in [-0.2, 0) is 4.79 Å². The van der Waals surface area contributed by atoms with Crippen molar-refractivity contribution in [3.63, 3.8) is 0 Å². The molecule has 1 aliphatic rings. The van der Waals surface area contributed by atoms with E-state index in [4.69, 9.17) is 9.47 Å². The summed E-state index contributed by atoms with van der Waals surface area (Å²) in [5.74, 6) is 2.03. The average molecular weight is 448 g/mol. The summed E-state index contributed by atoms with van der Waals surface area (Å²) < 4.78 is 10.8. The predicted molar refractivity (Wildman–Crippen MR) is 130 cm³/mol.